The summed E-state index contributed by atoms with van der Waals surface area (Å²) < 4.78 is 0. The maximum absolute atomic E-state index is 8.76. The van der Waals surface area contributed by atoms with E-state index in [4.69, 9.17) is 11.0 Å². The lowest BCUT2D eigenvalue weighted by molar-refractivity contribution is 0.395. The van der Waals surface area contributed by atoms with Crippen LogP contribution in [0.4, 0.5) is 0 Å². The Labute approximate surface area is 121 Å². The third kappa shape index (κ3) is 4.61. The molecule has 1 aliphatic rings. The molecule has 0 amide bonds. The standard InChI is InChI=1S/C16H24N4/c1-20-9-7-16(12-20)19-8-6-15(18)10-13-2-4-14(11-17)5-3-13/h2-5,15-16,19H,6-10,12,18H2,1H3/t15-,16+/m0/s1. The summed E-state index contributed by atoms with van der Waals surface area (Å²) in [6, 6.07) is 10.6. The lowest BCUT2D eigenvalue weighted by Crippen LogP contribution is -2.35. The van der Waals surface area contributed by atoms with Crippen LogP contribution in [0.5, 0.6) is 0 Å². The molecule has 0 aliphatic carbocycles. The zero-order valence-electron chi connectivity index (χ0n) is 12.2. The second-order valence-electron chi connectivity index (χ2n) is 5.76. The summed E-state index contributed by atoms with van der Waals surface area (Å²) in [6.07, 6.45) is 3.10. The maximum atomic E-state index is 8.76. The van der Waals surface area contributed by atoms with Crippen molar-refractivity contribution >= 4 is 0 Å². The van der Waals surface area contributed by atoms with Crippen LogP contribution in [0.1, 0.15) is 24.0 Å². The number of rotatable bonds is 6. The molecule has 1 aromatic carbocycles. The minimum atomic E-state index is 0.176. The summed E-state index contributed by atoms with van der Waals surface area (Å²) >= 11 is 0. The van der Waals surface area contributed by atoms with Crippen molar-refractivity contribution in [3.63, 3.8) is 0 Å². The molecule has 1 aliphatic heterocycles. The predicted molar refractivity (Wildman–Crippen MR) is 81.4 cm³/mol. The van der Waals surface area contributed by atoms with Gasteiger partial charge < -0.3 is 16.0 Å². The Morgan fingerprint density at radius 2 is 2.20 bits per heavy atom. The normalized spacial score (nSPS) is 20.8. The van der Waals surface area contributed by atoms with Gasteiger partial charge in [0, 0.05) is 18.6 Å². The molecule has 0 aromatic heterocycles. The fourth-order valence-corrected chi connectivity index (χ4v) is 2.69. The van der Waals surface area contributed by atoms with Gasteiger partial charge in [-0.1, -0.05) is 12.1 Å². The number of nitrogens with zero attached hydrogens (tertiary/aromatic N) is 2. The first-order valence-electron chi connectivity index (χ1n) is 7.34. The highest BCUT2D eigenvalue weighted by atomic mass is 15.2. The van der Waals surface area contributed by atoms with E-state index in [0.717, 1.165) is 25.9 Å². The van der Waals surface area contributed by atoms with E-state index in [1.807, 2.05) is 24.3 Å². The Hall–Kier alpha value is -1.41. The molecule has 0 bridgehead atoms. The summed E-state index contributed by atoms with van der Waals surface area (Å²) in [7, 11) is 2.16. The van der Waals surface area contributed by atoms with Crippen LogP contribution in [-0.4, -0.2) is 43.7 Å². The largest absolute Gasteiger partial charge is 0.327 e. The van der Waals surface area contributed by atoms with Crippen molar-refractivity contribution < 1.29 is 0 Å². The Morgan fingerprint density at radius 1 is 1.45 bits per heavy atom. The molecule has 0 saturated carbocycles. The van der Waals surface area contributed by atoms with Crippen molar-refractivity contribution in [2.24, 2.45) is 5.73 Å². The van der Waals surface area contributed by atoms with E-state index in [2.05, 4.69) is 23.3 Å². The Bertz CT molecular complexity index is 449. The first kappa shape index (κ1) is 15.0. The molecular formula is C16H24N4. The predicted octanol–water partition coefficient (Wildman–Crippen LogP) is 1.11. The zero-order valence-corrected chi connectivity index (χ0v) is 12.2. The first-order chi connectivity index (χ1) is 9.67. The van der Waals surface area contributed by atoms with E-state index in [-0.39, 0.29) is 6.04 Å². The molecule has 4 heteroatoms. The van der Waals surface area contributed by atoms with Crippen LogP contribution in [0.25, 0.3) is 0 Å². The van der Waals surface area contributed by atoms with E-state index < -0.39 is 0 Å². The highest BCUT2D eigenvalue weighted by molar-refractivity contribution is 5.31. The number of hydrogen-bond acceptors (Lipinski definition) is 4. The van der Waals surface area contributed by atoms with E-state index >= 15 is 0 Å². The van der Waals surface area contributed by atoms with Crippen LogP contribution >= 0.6 is 0 Å². The molecule has 2 atom stereocenters. The Morgan fingerprint density at radius 3 is 2.80 bits per heavy atom. The highest BCUT2D eigenvalue weighted by Gasteiger charge is 2.18. The molecule has 0 spiro atoms. The number of nitriles is 1. The van der Waals surface area contributed by atoms with Gasteiger partial charge in [0.2, 0.25) is 0 Å². The van der Waals surface area contributed by atoms with Crippen molar-refractivity contribution in [2.45, 2.75) is 31.3 Å². The van der Waals surface area contributed by atoms with E-state index in [0.29, 0.717) is 11.6 Å². The second kappa shape index (κ2) is 7.39. The van der Waals surface area contributed by atoms with E-state index in [1.165, 1.54) is 18.5 Å². The molecule has 2 rings (SSSR count). The molecule has 0 unspecified atom stereocenters. The molecule has 108 valence electrons. The monoisotopic (exact) mass is 272 g/mol. The fraction of sp³-hybridized carbons (Fsp3) is 0.562. The summed E-state index contributed by atoms with van der Waals surface area (Å²) in [4.78, 5) is 2.36. The molecule has 3 N–H and O–H groups in total. The third-order valence-electron chi connectivity index (χ3n) is 3.92. The second-order valence-corrected chi connectivity index (χ2v) is 5.76. The fourth-order valence-electron chi connectivity index (χ4n) is 2.69. The van der Waals surface area contributed by atoms with Crippen LogP contribution in [0.3, 0.4) is 0 Å². The van der Waals surface area contributed by atoms with Gasteiger partial charge in [-0.3, -0.25) is 0 Å². The minimum absolute atomic E-state index is 0.176. The van der Waals surface area contributed by atoms with Gasteiger partial charge in [-0.2, -0.15) is 5.26 Å². The molecule has 1 fully saturated rings. The van der Waals surface area contributed by atoms with Gasteiger partial charge in [-0.15, -0.1) is 0 Å². The van der Waals surface area contributed by atoms with Gasteiger partial charge in [0.1, 0.15) is 0 Å². The molecule has 1 saturated heterocycles. The summed E-state index contributed by atoms with van der Waals surface area (Å²) in [5.74, 6) is 0. The van der Waals surface area contributed by atoms with Crippen LogP contribution in [-0.2, 0) is 6.42 Å². The van der Waals surface area contributed by atoms with Crippen LogP contribution < -0.4 is 11.1 Å². The lowest BCUT2D eigenvalue weighted by atomic mass is 10.0. The third-order valence-corrected chi connectivity index (χ3v) is 3.92. The number of nitrogens with two attached hydrogens (primary N) is 1. The van der Waals surface area contributed by atoms with Gasteiger partial charge in [0.05, 0.1) is 11.6 Å². The molecule has 20 heavy (non-hydrogen) atoms. The lowest BCUT2D eigenvalue weighted by Gasteiger charge is -2.16. The number of likely N-dealkylation sites (tertiary alicyclic amines) is 1. The maximum Gasteiger partial charge on any atom is 0.0991 e. The van der Waals surface area contributed by atoms with Gasteiger partial charge >= 0.3 is 0 Å². The van der Waals surface area contributed by atoms with Gasteiger partial charge in [-0.25, -0.2) is 0 Å². The molecule has 1 aromatic rings. The number of likely N-dealkylation sites (N-methyl/N-ethyl adjacent to an activating group) is 1. The Balaban J connectivity index is 1.67. The Kier molecular flexibility index (Phi) is 5.54. The SMILES string of the molecule is CN1CC[C@@H](NCC[C@H](N)Cc2ccc(C#N)cc2)C1. The van der Waals surface area contributed by atoms with Crippen LogP contribution in [0, 0.1) is 11.3 Å². The number of hydrogen-bond donors (Lipinski definition) is 2. The van der Waals surface area contributed by atoms with Crippen LogP contribution in [0.15, 0.2) is 24.3 Å². The summed E-state index contributed by atoms with van der Waals surface area (Å²) in [6.45, 7) is 3.32. The van der Waals surface area contributed by atoms with Gasteiger partial charge in [0.15, 0.2) is 0 Å². The quantitative estimate of drug-likeness (QED) is 0.814. The van der Waals surface area contributed by atoms with Crippen molar-refractivity contribution in [2.75, 3.05) is 26.7 Å². The van der Waals surface area contributed by atoms with Crippen molar-refractivity contribution in [3.05, 3.63) is 35.4 Å². The van der Waals surface area contributed by atoms with Crippen molar-refractivity contribution in [1.29, 1.82) is 5.26 Å². The number of benzene rings is 1. The van der Waals surface area contributed by atoms with E-state index in [9.17, 15) is 0 Å². The smallest absolute Gasteiger partial charge is 0.0991 e. The van der Waals surface area contributed by atoms with E-state index in [1.54, 1.807) is 0 Å². The van der Waals surface area contributed by atoms with Gasteiger partial charge in [0.25, 0.3) is 0 Å². The van der Waals surface area contributed by atoms with Crippen LogP contribution in [0.2, 0.25) is 0 Å². The average Bonchev–Trinajstić information content (AvgIpc) is 2.85. The molecular weight excluding hydrogens is 248 g/mol. The summed E-state index contributed by atoms with van der Waals surface area (Å²) in [5.41, 5.74) is 8.08. The average molecular weight is 272 g/mol. The molecule has 1 heterocycles. The molecule has 4 nitrogen and oxygen atoms in total. The first-order valence-corrected chi connectivity index (χ1v) is 7.34. The van der Waals surface area contributed by atoms with Crippen molar-refractivity contribution in [1.82, 2.24) is 10.2 Å². The zero-order chi connectivity index (χ0) is 14.4. The minimum Gasteiger partial charge on any atom is -0.327 e. The number of nitrogens with one attached hydrogen (secondary N) is 1. The molecule has 0 radical (unpaired) electrons. The summed E-state index contributed by atoms with van der Waals surface area (Å²) in [5, 5.41) is 12.3. The highest BCUT2D eigenvalue weighted by Crippen LogP contribution is 2.08. The van der Waals surface area contributed by atoms with Crippen molar-refractivity contribution in [3.8, 4) is 6.07 Å². The van der Waals surface area contributed by atoms with Gasteiger partial charge in [-0.05, 0) is 57.1 Å². The topological polar surface area (TPSA) is 65.1 Å².